The molecule has 0 bridgehead atoms. The van der Waals surface area contributed by atoms with Gasteiger partial charge in [-0.05, 0) is 38.2 Å². The fraction of sp³-hybridized carbons (Fsp3) is 0.833. The van der Waals surface area contributed by atoms with Crippen molar-refractivity contribution in [2.24, 2.45) is 0 Å². The molecule has 0 radical (unpaired) electrons. The molecule has 0 aromatic rings. The molecule has 0 spiro atoms. The lowest BCUT2D eigenvalue weighted by Gasteiger charge is -2.35. The van der Waals surface area contributed by atoms with Gasteiger partial charge in [0.25, 0.3) is 0 Å². The van der Waals surface area contributed by atoms with Gasteiger partial charge < -0.3 is 20.5 Å². The van der Waals surface area contributed by atoms with Crippen molar-refractivity contribution >= 4 is 23.8 Å². The number of ether oxygens (including phenoxy) is 1. The van der Waals surface area contributed by atoms with Gasteiger partial charge in [-0.2, -0.15) is 11.8 Å². The second-order valence-electron chi connectivity index (χ2n) is 4.54. The highest BCUT2D eigenvalue weighted by Gasteiger charge is 2.31. The summed E-state index contributed by atoms with van der Waals surface area (Å²) in [5.41, 5.74) is 0. The zero-order valence-electron chi connectivity index (χ0n) is 11.3. The van der Waals surface area contributed by atoms with Crippen molar-refractivity contribution in [2.75, 3.05) is 18.6 Å². The molecule has 1 aliphatic carbocycles. The van der Waals surface area contributed by atoms with Crippen LogP contribution in [0.5, 0.6) is 0 Å². The number of amides is 2. The molecular weight excluding hydrogens is 268 g/mol. The molecule has 1 saturated carbocycles. The van der Waals surface area contributed by atoms with E-state index in [1.165, 1.54) is 0 Å². The van der Waals surface area contributed by atoms with Crippen LogP contribution in [0.25, 0.3) is 0 Å². The third kappa shape index (κ3) is 5.69. The summed E-state index contributed by atoms with van der Waals surface area (Å²) in [6, 6.07) is -1.14. The van der Waals surface area contributed by atoms with E-state index in [-0.39, 0.29) is 12.1 Å². The lowest BCUT2D eigenvalue weighted by atomic mass is 9.89. The van der Waals surface area contributed by atoms with Crippen molar-refractivity contribution in [3.63, 3.8) is 0 Å². The van der Waals surface area contributed by atoms with Crippen LogP contribution < -0.4 is 10.6 Å². The minimum atomic E-state index is -0.995. The van der Waals surface area contributed by atoms with Gasteiger partial charge >= 0.3 is 12.0 Å². The van der Waals surface area contributed by atoms with Gasteiger partial charge in [0.2, 0.25) is 0 Å². The normalized spacial score (nSPS) is 23.3. The topological polar surface area (TPSA) is 87.7 Å². The molecule has 1 rings (SSSR count). The van der Waals surface area contributed by atoms with Crippen molar-refractivity contribution < 1.29 is 19.4 Å². The van der Waals surface area contributed by atoms with E-state index in [9.17, 15) is 9.59 Å². The van der Waals surface area contributed by atoms with E-state index >= 15 is 0 Å². The summed E-state index contributed by atoms with van der Waals surface area (Å²) in [7, 11) is 0. The van der Waals surface area contributed by atoms with E-state index in [1.54, 1.807) is 11.8 Å². The molecule has 1 atom stereocenters. The Hall–Kier alpha value is -0.950. The first-order chi connectivity index (χ1) is 9.06. The maximum Gasteiger partial charge on any atom is 0.326 e. The number of urea groups is 1. The highest BCUT2D eigenvalue weighted by Crippen LogP contribution is 2.22. The Bertz CT molecular complexity index is 308. The number of thioether (sulfide) groups is 1. The predicted molar refractivity (Wildman–Crippen MR) is 74.5 cm³/mol. The zero-order valence-corrected chi connectivity index (χ0v) is 12.2. The molecule has 0 aromatic carbocycles. The van der Waals surface area contributed by atoms with Crippen LogP contribution in [0.1, 0.15) is 26.2 Å². The fourth-order valence-corrected chi connectivity index (χ4v) is 2.41. The Morgan fingerprint density at radius 3 is 2.68 bits per heavy atom. The van der Waals surface area contributed by atoms with Gasteiger partial charge in [-0.3, -0.25) is 0 Å². The van der Waals surface area contributed by atoms with Crippen molar-refractivity contribution in [3.8, 4) is 0 Å². The summed E-state index contributed by atoms with van der Waals surface area (Å²) in [4.78, 5) is 22.6. The van der Waals surface area contributed by atoms with E-state index in [1.807, 2.05) is 13.2 Å². The largest absolute Gasteiger partial charge is 0.480 e. The summed E-state index contributed by atoms with van der Waals surface area (Å²) < 4.78 is 5.39. The molecule has 0 aliphatic heterocycles. The Balaban J connectivity index is 2.24. The van der Waals surface area contributed by atoms with Crippen LogP contribution in [0.2, 0.25) is 0 Å². The molecule has 1 aliphatic rings. The lowest BCUT2D eigenvalue weighted by molar-refractivity contribution is -0.139. The van der Waals surface area contributed by atoms with Gasteiger partial charge in [0, 0.05) is 12.6 Å². The van der Waals surface area contributed by atoms with Crippen molar-refractivity contribution in [2.45, 2.75) is 44.4 Å². The number of carbonyl (C=O) groups excluding carboxylic acids is 1. The van der Waals surface area contributed by atoms with Crippen LogP contribution in [-0.4, -0.2) is 53.9 Å². The Morgan fingerprint density at radius 1 is 1.47 bits per heavy atom. The van der Waals surface area contributed by atoms with E-state index in [4.69, 9.17) is 9.84 Å². The molecule has 110 valence electrons. The summed E-state index contributed by atoms with van der Waals surface area (Å²) in [5.74, 6) is -0.294. The first-order valence-electron chi connectivity index (χ1n) is 6.47. The average Bonchev–Trinajstić information content (AvgIpc) is 2.31. The van der Waals surface area contributed by atoms with Crippen LogP contribution in [0.3, 0.4) is 0 Å². The Labute approximate surface area is 117 Å². The van der Waals surface area contributed by atoms with Crippen LogP contribution in [0, 0.1) is 0 Å². The lowest BCUT2D eigenvalue weighted by Crippen LogP contribution is -2.54. The summed E-state index contributed by atoms with van der Waals surface area (Å²) in [6.45, 7) is 2.62. The van der Waals surface area contributed by atoms with E-state index in [0.29, 0.717) is 18.8 Å². The molecule has 3 N–H and O–H groups in total. The molecule has 0 unspecified atom stereocenters. The molecular formula is C12H22N2O4S. The first-order valence-corrected chi connectivity index (χ1v) is 7.86. The van der Waals surface area contributed by atoms with Gasteiger partial charge in [0.15, 0.2) is 0 Å². The van der Waals surface area contributed by atoms with E-state index in [2.05, 4.69) is 10.6 Å². The molecule has 0 aromatic heterocycles. The minimum absolute atomic E-state index is 0.0894. The maximum atomic E-state index is 11.7. The standard InChI is InChI=1S/C12H22N2O4S/c1-3-18-9-6-8(7-9)13-12(17)14-10(11(15)16)4-5-19-2/h8-10H,3-7H2,1-2H3,(H,15,16)(H2,13,14,17)/t8?,9?,10-/m1/s1. The van der Waals surface area contributed by atoms with E-state index < -0.39 is 18.0 Å². The number of aliphatic carboxylic acids is 1. The van der Waals surface area contributed by atoms with Crippen LogP contribution >= 0.6 is 11.8 Å². The molecule has 2 amide bonds. The molecule has 6 nitrogen and oxygen atoms in total. The van der Waals surface area contributed by atoms with Gasteiger partial charge in [-0.15, -0.1) is 0 Å². The number of hydrogen-bond donors (Lipinski definition) is 3. The van der Waals surface area contributed by atoms with Crippen molar-refractivity contribution in [3.05, 3.63) is 0 Å². The predicted octanol–water partition coefficient (Wildman–Crippen LogP) is 1.06. The minimum Gasteiger partial charge on any atom is -0.480 e. The van der Waals surface area contributed by atoms with Crippen molar-refractivity contribution in [1.82, 2.24) is 10.6 Å². The third-order valence-corrected chi connectivity index (χ3v) is 3.69. The number of hydrogen-bond acceptors (Lipinski definition) is 4. The number of nitrogens with one attached hydrogen (secondary N) is 2. The SMILES string of the molecule is CCOC1CC(NC(=O)N[C@H](CCSC)C(=O)O)C1. The number of carboxylic acids is 1. The zero-order chi connectivity index (χ0) is 14.3. The third-order valence-electron chi connectivity index (χ3n) is 3.05. The second kappa shape index (κ2) is 8.27. The fourth-order valence-electron chi connectivity index (χ4n) is 1.93. The molecule has 0 heterocycles. The van der Waals surface area contributed by atoms with Gasteiger partial charge in [-0.25, -0.2) is 9.59 Å². The van der Waals surface area contributed by atoms with E-state index in [0.717, 1.165) is 12.8 Å². The second-order valence-corrected chi connectivity index (χ2v) is 5.52. The highest BCUT2D eigenvalue weighted by molar-refractivity contribution is 7.98. The number of carbonyl (C=O) groups is 2. The van der Waals surface area contributed by atoms with Gasteiger partial charge in [-0.1, -0.05) is 0 Å². The average molecular weight is 290 g/mol. The number of carboxylic acid groups (broad SMARTS) is 1. The van der Waals surface area contributed by atoms with Crippen LogP contribution in [0.4, 0.5) is 4.79 Å². The monoisotopic (exact) mass is 290 g/mol. The van der Waals surface area contributed by atoms with Crippen LogP contribution in [-0.2, 0) is 9.53 Å². The smallest absolute Gasteiger partial charge is 0.326 e. The quantitative estimate of drug-likeness (QED) is 0.622. The van der Waals surface area contributed by atoms with Gasteiger partial charge in [0.05, 0.1) is 6.10 Å². The highest BCUT2D eigenvalue weighted by atomic mass is 32.2. The Morgan fingerprint density at radius 2 is 2.16 bits per heavy atom. The molecule has 0 saturated heterocycles. The van der Waals surface area contributed by atoms with Gasteiger partial charge in [0.1, 0.15) is 6.04 Å². The molecule has 7 heteroatoms. The first kappa shape index (κ1) is 16.1. The number of rotatable bonds is 8. The van der Waals surface area contributed by atoms with Crippen LogP contribution in [0.15, 0.2) is 0 Å². The summed E-state index contributed by atoms with van der Waals surface area (Å²) in [6.07, 6.45) is 4.15. The molecule has 1 fully saturated rings. The van der Waals surface area contributed by atoms with Crippen molar-refractivity contribution in [1.29, 1.82) is 0 Å². The summed E-state index contributed by atoms with van der Waals surface area (Å²) >= 11 is 1.56. The Kier molecular flexibility index (Phi) is 7.01. The molecule has 19 heavy (non-hydrogen) atoms. The summed E-state index contributed by atoms with van der Waals surface area (Å²) in [5, 5.41) is 14.3. The maximum absolute atomic E-state index is 11.7.